The van der Waals surface area contributed by atoms with Crippen molar-refractivity contribution < 1.29 is 0 Å². The zero-order valence-electron chi connectivity index (χ0n) is 29.8. The lowest BCUT2D eigenvalue weighted by molar-refractivity contribution is 1.18. The Balaban J connectivity index is 1.25. The van der Waals surface area contributed by atoms with Crippen molar-refractivity contribution >= 4 is 32.3 Å². The van der Waals surface area contributed by atoms with Gasteiger partial charge < -0.3 is 0 Å². The standard InChI is InChI=1S/C51H33N3S/c1-5-17-34(18-6-1)38-25-15-28-41(31-38)49-46(47-48(36-21-9-3-10-22-36)52-43-30-14-13-29-42(43)50(47)55-49)40-27-16-26-39(32-40)45-33-44(35-19-7-2-8-20-35)53-51(54-45)37-23-11-4-12-24-37/h1-33H. The third-order valence-electron chi connectivity index (χ3n) is 10.1. The van der Waals surface area contributed by atoms with Crippen LogP contribution in [-0.2, 0) is 0 Å². The minimum atomic E-state index is 0.698. The lowest BCUT2D eigenvalue weighted by Crippen LogP contribution is -1.96. The summed E-state index contributed by atoms with van der Waals surface area (Å²) in [4.78, 5) is 16.8. The van der Waals surface area contributed by atoms with Crippen LogP contribution >= 0.6 is 11.3 Å². The molecule has 0 aliphatic carbocycles. The van der Waals surface area contributed by atoms with Crippen LogP contribution in [0.15, 0.2) is 200 Å². The van der Waals surface area contributed by atoms with E-state index >= 15 is 0 Å². The minimum Gasteiger partial charge on any atom is -0.247 e. The number of fused-ring (bicyclic) bond motifs is 3. The number of rotatable bonds is 7. The maximum atomic E-state index is 5.39. The van der Waals surface area contributed by atoms with Gasteiger partial charge in [-0.1, -0.05) is 176 Å². The maximum absolute atomic E-state index is 5.39. The van der Waals surface area contributed by atoms with Gasteiger partial charge in [0.1, 0.15) is 0 Å². The summed E-state index contributed by atoms with van der Waals surface area (Å²) in [7, 11) is 0. The number of thiophene rings is 1. The van der Waals surface area contributed by atoms with Crippen LogP contribution in [-0.4, -0.2) is 15.0 Å². The highest BCUT2D eigenvalue weighted by molar-refractivity contribution is 7.24. The highest BCUT2D eigenvalue weighted by Gasteiger charge is 2.23. The summed E-state index contributed by atoms with van der Waals surface area (Å²) in [5.74, 6) is 0.698. The lowest BCUT2D eigenvalue weighted by Gasteiger charge is -2.13. The van der Waals surface area contributed by atoms with Gasteiger partial charge in [0.05, 0.1) is 22.6 Å². The summed E-state index contributed by atoms with van der Waals surface area (Å²) < 4.78 is 1.23. The maximum Gasteiger partial charge on any atom is 0.160 e. The summed E-state index contributed by atoms with van der Waals surface area (Å²) in [6.45, 7) is 0. The molecule has 258 valence electrons. The van der Waals surface area contributed by atoms with Crippen LogP contribution in [0.5, 0.6) is 0 Å². The van der Waals surface area contributed by atoms with Crippen molar-refractivity contribution in [1.82, 2.24) is 15.0 Å². The molecule has 10 rings (SSSR count). The van der Waals surface area contributed by atoms with E-state index < -0.39 is 0 Å². The van der Waals surface area contributed by atoms with E-state index in [1.54, 1.807) is 0 Å². The van der Waals surface area contributed by atoms with Gasteiger partial charge in [0.15, 0.2) is 5.82 Å². The van der Waals surface area contributed by atoms with Crippen molar-refractivity contribution in [2.75, 3.05) is 0 Å². The van der Waals surface area contributed by atoms with E-state index in [-0.39, 0.29) is 0 Å². The number of hydrogen-bond acceptors (Lipinski definition) is 4. The second kappa shape index (κ2) is 14.1. The number of pyridine rings is 1. The molecular formula is C51H33N3S. The summed E-state index contributed by atoms with van der Waals surface area (Å²) in [6.07, 6.45) is 0. The van der Waals surface area contributed by atoms with E-state index in [0.29, 0.717) is 5.82 Å². The summed E-state index contributed by atoms with van der Waals surface area (Å²) >= 11 is 1.85. The molecule has 0 fully saturated rings. The first-order valence-corrected chi connectivity index (χ1v) is 19.3. The molecule has 0 bridgehead atoms. The van der Waals surface area contributed by atoms with Crippen molar-refractivity contribution in [3.63, 3.8) is 0 Å². The highest BCUT2D eigenvalue weighted by atomic mass is 32.1. The molecule has 0 N–H and O–H groups in total. The Hall–Kier alpha value is -7.01. The molecule has 0 aliphatic rings. The molecule has 0 radical (unpaired) electrons. The number of hydrogen-bond donors (Lipinski definition) is 0. The van der Waals surface area contributed by atoms with Crippen molar-refractivity contribution in [2.45, 2.75) is 0 Å². The van der Waals surface area contributed by atoms with Gasteiger partial charge in [-0.25, -0.2) is 15.0 Å². The molecule has 0 amide bonds. The van der Waals surface area contributed by atoms with E-state index in [1.165, 1.54) is 31.8 Å². The molecular weight excluding hydrogens is 687 g/mol. The second-order valence-corrected chi connectivity index (χ2v) is 14.6. The molecule has 0 spiro atoms. The van der Waals surface area contributed by atoms with Crippen LogP contribution in [0, 0.1) is 0 Å². The molecule has 3 aromatic heterocycles. The van der Waals surface area contributed by atoms with Gasteiger partial charge in [-0.2, -0.15) is 0 Å². The molecule has 0 saturated carbocycles. The summed E-state index contributed by atoms with van der Waals surface area (Å²) in [5, 5.41) is 2.31. The molecule has 0 unspecified atom stereocenters. The Morgan fingerprint density at radius 2 is 0.855 bits per heavy atom. The summed E-state index contributed by atoms with van der Waals surface area (Å²) in [6, 6.07) is 70.2. The number of para-hydroxylation sites is 1. The molecule has 10 aromatic rings. The Bertz CT molecular complexity index is 2900. The molecule has 3 heterocycles. The smallest absolute Gasteiger partial charge is 0.160 e. The summed E-state index contributed by atoms with van der Waals surface area (Å²) in [5.41, 5.74) is 13.7. The average Bonchev–Trinajstić information content (AvgIpc) is 3.69. The molecule has 7 aromatic carbocycles. The van der Waals surface area contributed by atoms with Crippen LogP contribution in [0.25, 0.3) is 98.8 Å². The first-order chi connectivity index (χ1) is 27.3. The van der Waals surface area contributed by atoms with E-state index in [1.807, 2.05) is 35.6 Å². The Morgan fingerprint density at radius 1 is 0.345 bits per heavy atom. The van der Waals surface area contributed by atoms with Gasteiger partial charge >= 0.3 is 0 Å². The average molecular weight is 720 g/mol. The third kappa shape index (κ3) is 6.19. The van der Waals surface area contributed by atoms with Gasteiger partial charge in [0, 0.05) is 48.2 Å². The fourth-order valence-electron chi connectivity index (χ4n) is 7.44. The van der Waals surface area contributed by atoms with E-state index in [0.717, 1.165) is 61.2 Å². The Labute approximate surface area is 323 Å². The number of nitrogens with zero attached hydrogens (tertiary/aromatic N) is 3. The minimum absolute atomic E-state index is 0.698. The normalized spacial score (nSPS) is 11.3. The van der Waals surface area contributed by atoms with Crippen molar-refractivity contribution in [3.8, 4) is 77.9 Å². The van der Waals surface area contributed by atoms with Gasteiger partial charge in [-0.15, -0.1) is 11.3 Å². The number of benzene rings is 7. The quantitative estimate of drug-likeness (QED) is 0.165. The van der Waals surface area contributed by atoms with Crippen molar-refractivity contribution in [2.24, 2.45) is 0 Å². The van der Waals surface area contributed by atoms with E-state index in [4.69, 9.17) is 15.0 Å². The largest absolute Gasteiger partial charge is 0.247 e. The number of aromatic nitrogens is 3. The first kappa shape index (κ1) is 32.6. The monoisotopic (exact) mass is 719 g/mol. The predicted molar refractivity (Wildman–Crippen MR) is 231 cm³/mol. The molecule has 0 atom stereocenters. The van der Waals surface area contributed by atoms with Gasteiger partial charge in [0.25, 0.3) is 0 Å². The molecule has 4 heteroatoms. The van der Waals surface area contributed by atoms with Crippen molar-refractivity contribution in [1.29, 1.82) is 0 Å². The van der Waals surface area contributed by atoms with E-state index in [9.17, 15) is 0 Å². The SMILES string of the molecule is c1ccc(-c2cccc(-c3sc4c(c(-c5ccccc5)nc5ccccc54)c3-c3cccc(-c4cc(-c5ccccc5)nc(-c5ccccc5)n4)c3)c2)cc1. The zero-order chi connectivity index (χ0) is 36.6. The van der Waals surface area contributed by atoms with Crippen LogP contribution in [0.1, 0.15) is 0 Å². The van der Waals surface area contributed by atoms with Gasteiger partial charge in [-0.05, 0) is 46.5 Å². The second-order valence-electron chi connectivity index (χ2n) is 13.6. The van der Waals surface area contributed by atoms with E-state index in [2.05, 4.69) is 176 Å². The zero-order valence-corrected chi connectivity index (χ0v) is 30.6. The fraction of sp³-hybridized carbons (Fsp3) is 0. The Kier molecular flexibility index (Phi) is 8.36. The first-order valence-electron chi connectivity index (χ1n) is 18.4. The predicted octanol–water partition coefficient (Wildman–Crippen LogP) is 13.9. The topological polar surface area (TPSA) is 38.7 Å². The van der Waals surface area contributed by atoms with Crippen LogP contribution in [0.2, 0.25) is 0 Å². The Morgan fingerprint density at radius 3 is 1.56 bits per heavy atom. The third-order valence-corrected chi connectivity index (χ3v) is 11.4. The fourth-order valence-corrected chi connectivity index (χ4v) is 8.80. The van der Waals surface area contributed by atoms with Crippen LogP contribution < -0.4 is 0 Å². The molecule has 3 nitrogen and oxygen atoms in total. The van der Waals surface area contributed by atoms with Crippen LogP contribution in [0.3, 0.4) is 0 Å². The molecule has 0 aliphatic heterocycles. The van der Waals surface area contributed by atoms with Crippen molar-refractivity contribution in [3.05, 3.63) is 200 Å². The van der Waals surface area contributed by atoms with Gasteiger partial charge in [-0.3, -0.25) is 0 Å². The molecule has 55 heavy (non-hydrogen) atoms. The van der Waals surface area contributed by atoms with Gasteiger partial charge in [0.2, 0.25) is 0 Å². The highest BCUT2D eigenvalue weighted by Crippen LogP contribution is 2.50. The lowest BCUT2D eigenvalue weighted by atomic mass is 9.92. The molecule has 0 saturated heterocycles. The van der Waals surface area contributed by atoms with Crippen LogP contribution in [0.4, 0.5) is 0 Å².